The fourth-order valence-electron chi connectivity index (χ4n) is 4.60. The third-order valence-electron chi connectivity index (χ3n) is 6.58. The number of benzene rings is 3. The van der Waals surface area contributed by atoms with Crippen molar-refractivity contribution in [1.82, 2.24) is 5.32 Å². The van der Waals surface area contributed by atoms with Crippen molar-refractivity contribution in [1.29, 1.82) is 0 Å². The van der Waals surface area contributed by atoms with Crippen molar-refractivity contribution in [3.63, 3.8) is 0 Å². The van der Waals surface area contributed by atoms with Gasteiger partial charge < -0.3 is 15.2 Å². The molecule has 35 heavy (non-hydrogen) atoms. The van der Waals surface area contributed by atoms with Crippen LogP contribution in [0.25, 0.3) is 11.1 Å². The number of carbonyl (C=O) groups is 3. The Kier molecular flexibility index (Phi) is 6.17. The number of carbonyl (C=O) groups excluding carboxylic acids is 2. The summed E-state index contributed by atoms with van der Waals surface area (Å²) in [4.78, 5) is 35.8. The molecule has 3 aromatic rings. The van der Waals surface area contributed by atoms with Crippen molar-refractivity contribution < 1.29 is 24.2 Å². The van der Waals surface area contributed by atoms with E-state index in [4.69, 9.17) is 21.4 Å². The summed E-state index contributed by atoms with van der Waals surface area (Å²) in [5.41, 5.74) is 5.18. The van der Waals surface area contributed by atoms with Gasteiger partial charge in [0.25, 0.3) is 5.91 Å². The van der Waals surface area contributed by atoms with Gasteiger partial charge in [0.05, 0.1) is 16.6 Å². The minimum Gasteiger partial charge on any atom is -0.481 e. The van der Waals surface area contributed by atoms with Crippen LogP contribution in [0.4, 0.5) is 10.5 Å². The molecule has 178 valence electrons. The second-order valence-corrected chi connectivity index (χ2v) is 9.20. The van der Waals surface area contributed by atoms with Gasteiger partial charge in [0.1, 0.15) is 6.61 Å². The summed E-state index contributed by atoms with van der Waals surface area (Å²) < 4.78 is 5.54. The van der Waals surface area contributed by atoms with Crippen molar-refractivity contribution in [2.75, 3.05) is 18.5 Å². The van der Waals surface area contributed by atoms with E-state index >= 15 is 0 Å². The molecule has 0 spiro atoms. The first kappa shape index (κ1) is 22.9. The van der Waals surface area contributed by atoms with Gasteiger partial charge in [-0.05, 0) is 52.8 Å². The van der Waals surface area contributed by atoms with Crippen molar-refractivity contribution >= 4 is 35.3 Å². The van der Waals surface area contributed by atoms with Crippen LogP contribution in [0.3, 0.4) is 0 Å². The summed E-state index contributed by atoms with van der Waals surface area (Å²) in [6, 6.07) is 20.7. The Morgan fingerprint density at radius 1 is 0.971 bits per heavy atom. The van der Waals surface area contributed by atoms with E-state index in [9.17, 15) is 14.4 Å². The summed E-state index contributed by atoms with van der Waals surface area (Å²) >= 11 is 6.29. The van der Waals surface area contributed by atoms with E-state index in [0.717, 1.165) is 22.3 Å². The van der Waals surface area contributed by atoms with E-state index in [-0.39, 0.29) is 35.3 Å². The Bertz CT molecular complexity index is 1280. The fraction of sp³-hybridized carbons (Fsp3) is 0.222. The molecule has 2 amide bonds. The maximum atomic E-state index is 12.5. The predicted octanol–water partition coefficient (Wildman–Crippen LogP) is 5.15. The lowest BCUT2D eigenvalue weighted by Gasteiger charge is -2.15. The number of halogens is 1. The normalized spacial score (nSPS) is 17.7. The molecule has 1 saturated carbocycles. The van der Waals surface area contributed by atoms with E-state index in [1.54, 1.807) is 6.07 Å². The summed E-state index contributed by atoms with van der Waals surface area (Å²) in [6.45, 7) is 0.476. The molecule has 2 aliphatic rings. The predicted molar refractivity (Wildman–Crippen MR) is 132 cm³/mol. The quantitative estimate of drug-likeness (QED) is 0.424. The summed E-state index contributed by atoms with van der Waals surface area (Å²) in [5, 5.41) is 14.5. The van der Waals surface area contributed by atoms with Crippen LogP contribution in [-0.4, -0.2) is 36.2 Å². The van der Waals surface area contributed by atoms with E-state index in [0.29, 0.717) is 24.2 Å². The second-order valence-electron chi connectivity index (χ2n) is 8.80. The SMILES string of the molecule is O=C(Nc1ccc(C(=O)NCC2CC2C(=O)O)cc1Cl)OCC1c2ccccc2-c2ccccc21. The highest BCUT2D eigenvalue weighted by Crippen LogP contribution is 2.44. The van der Waals surface area contributed by atoms with Crippen molar-refractivity contribution in [3.8, 4) is 11.1 Å². The number of hydrogen-bond donors (Lipinski definition) is 3. The number of nitrogens with one attached hydrogen (secondary N) is 2. The van der Waals surface area contributed by atoms with Crippen LogP contribution in [0.1, 0.15) is 33.8 Å². The Balaban J connectivity index is 1.18. The third-order valence-corrected chi connectivity index (χ3v) is 6.89. The molecule has 1 fully saturated rings. The first-order chi connectivity index (χ1) is 16.9. The number of fused-ring (bicyclic) bond motifs is 3. The summed E-state index contributed by atoms with van der Waals surface area (Å²) in [5.74, 6) is -1.67. The zero-order valence-corrected chi connectivity index (χ0v) is 19.4. The van der Waals surface area contributed by atoms with Crippen LogP contribution in [0, 0.1) is 11.8 Å². The lowest BCUT2D eigenvalue weighted by Crippen LogP contribution is -2.26. The fourth-order valence-corrected chi connectivity index (χ4v) is 4.83. The number of rotatable bonds is 7. The molecular weight excluding hydrogens is 468 g/mol. The Labute approximate surface area is 207 Å². The number of carboxylic acids is 1. The molecule has 0 bridgehead atoms. The second kappa shape index (κ2) is 9.43. The molecule has 0 saturated heterocycles. The molecule has 3 N–H and O–H groups in total. The number of carboxylic acid groups (broad SMARTS) is 1. The Hall–Kier alpha value is -3.84. The number of ether oxygens (including phenoxy) is 1. The molecule has 0 aromatic heterocycles. The minimum atomic E-state index is -0.837. The van der Waals surface area contributed by atoms with Gasteiger partial charge in [-0.15, -0.1) is 0 Å². The van der Waals surface area contributed by atoms with Crippen LogP contribution >= 0.6 is 11.6 Å². The lowest BCUT2D eigenvalue weighted by atomic mass is 9.98. The van der Waals surface area contributed by atoms with Gasteiger partial charge in [-0.25, -0.2) is 4.79 Å². The van der Waals surface area contributed by atoms with E-state index < -0.39 is 12.1 Å². The van der Waals surface area contributed by atoms with Crippen LogP contribution in [0.5, 0.6) is 0 Å². The Morgan fingerprint density at radius 2 is 1.63 bits per heavy atom. The van der Waals surface area contributed by atoms with Gasteiger partial charge in [-0.1, -0.05) is 60.1 Å². The van der Waals surface area contributed by atoms with Crippen molar-refractivity contribution in [2.45, 2.75) is 12.3 Å². The standard InChI is InChI=1S/C27H23ClN2O5/c28-23-12-15(25(31)29-13-16-11-21(16)26(32)33)9-10-24(23)30-27(34)35-14-22-19-7-3-1-5-17(19)18-6-2-4-8-20(18)22/h1-10,12,16,21-22H,11,13-14H2,(H,29,31)(H,30,34)(H,32,33). The van der Waals surface area contributed by atoms with Gasteiger partial charge in [0.2, 0.25) is 0 Å². The highest BCUT2D eigenvalue weighted by atomic mass is 35.5. The molecule has 2 unspecified atom stereocenters. The highest BCUT2D eigenvalue weighted by Gasteiger charge is 2.43. The van der Waals surface area contributed by atoms with Crippen LogP contribution in [-0.2, 0) is 9.53 Å². The molecular formula is C27H23ClN2O5. The molecule has 0 heterocycles. The molecule has 0 radical (unpaired) electrons. The molecule has 7 nitrogen and oxygen atoms in total. The van der Waals surface area contributed by atoms with Crippen molar-refractivity contribution in [3.05, 3.63) is 88.4 Å². The molecule has 5 rings (SSSR count). The maximum Gasteiger partial charge on any atom is 0.411 e. The summed E-state index contributed by atoms with van der Waals surface area (Å²) in [6.07, 6.45) is -0.0706. The molecule has 8 heteroatoms. The van der Waals surface area contributed by atoms with Gasteiger partial charge in [0.15, 0.2) is 0 Å². The topological polar surface area (TPSA) is 105 Å². The van der Waals surface area contributed by atoms with Gasteiger partial charge in [0, 0.05) is 18.0 Å². The smallest absolute Gasteiger partial charge is 0.411 e. The average molecular weight is 491 g/mol. The number of anilines is 1. The van der Waals surface area contributed by atoms with Gasteiger partial charge >= 0.3 is 12.1 Å². The maximum absolute atomic E-state index is 12.5. The van der Waals surface area contributed by atoms with Gasteiger partial charge in [-0.2, -0.15) is 0 Å². The monoisotopic (exact) mass is 490 g/mol. The number of amides is 2. The van der Waals surface area contributed by atoms with E-state index in [1.165, 1.54) is 12.1 Å². The van der Waals surface area contributed by atoms with E-state index in [2.05, 4.69) is 22.8 Å². The molecule has 0 aliphatic heterocycles. The third kappa shape index (κ3) is 4.72. The number of aliphatic carboxylic acids is 1. The number of hydrogen-bond acceptors (Lipinski definition) is 4. The minimum absolute atomic E-state index is 0.0403. The first-order valence-electron chi connectivity index (χ1n) is 11.3. The largest absolute Gasteiger partial charge is 0.481 e. The zero-order valence-electron chi connectivity index (χ0n) is 18.7. The van der Waals surface area contributed by atoms with Crippen molar-refractivity contribution in [2.24, 2.45) is 11.8 Å². The first-order valence-corrected chi connectivity index (χ1v) is 11.7. The lowest BCUT2D eigenvalue weighted by molar-refractivity contribution is -0.138. The van der Waals surface area contributed by atoms with Crippen LogP contribution in [0.2, 0.25) is 5.02 Å². The van der Waals surface area contributed by atoms with Crippen LogP contribution < -0.4 is 10.6 Å². The average Bonchev–Trinajstić information content (AvgIpc) is 3.58. The zero-order chi connectivity index (χ0) is 24.5. The Morgan fingerprint density at radius 3 is 2.23 bits per heavy atom. The highest BCUT2D eigenvalue weighted by molar-refractivity contribution is 6.34. The van der Waals surface area contributed by atoms with E-state index in [1.807, 2.05) is 36.4 Å². The van der Waals surface area contributed by atoms with Gasteiger partial charge in [-0.3, -0.25) is 14.9 Å². The molecule has 2 atom stereocenters. The molecule has 2 aliphatic carbocycles. The van der Waals surface area contributed by atoms with Crippen LogP contribution in [0.15, 0.2) is 66.7 Å². The molecule has 3 aromatic carbocycles. The summed E-state index contributed by atoms with van der Waals surface area (Å²) in [7, 11) is 0.